The molecular formula is C15H17F3N2O. The van der Waals surface area contributed by atoms with Crippen molar-refractivity contribution in [2.45, 2.75) is 37.0 Å². The Labute approximate surface area is 121 Å². The van der Waals surface area contributed by atoms with Gasteiger partial charge in [0.2, 0.25) is 5.91 Å². The fourth-order valence-electron chi connectivity index (χ4n) is 2.50. The van der Waals surface area contributed by atoms with E-state index in [1.54, 1.807) is 30.3 Å². The lowest BCUT2D eigenvalue weighted by molar-refractivity contribution is -0.209. The highest BCUT2D eigenvalue weighted by atomic mass is 19.4. The molecule has 1 aromatic carbocycles. The van der Waals surface area contributed by atoms with E-state index < -0.39 is 23.7 Å². The van der Waals surface area contributed by atoms with Gasteiger partial charge in [0, 0.05) is 25.3 Å². The molecular weight excluding hydrogens is 281 g/mol. The molecule has 1 aromatic rings. The molecule has 0 bridgehead atoms. The van der Waals surface area contributed by atoms with Crippen LogP contribution in [0.15, 0.2) is 42.5 Å². The van der Waals surface area contributed by atoms with E-state index in [0.29, 0.717) is 11.1 Å². The topological polar surface area (TPSA) is 55.1 Å². The molecule has 3 N–H and O–H groups in total. The van der Waals surface area contributed by atoms with Gasteiger partial charge in [-0.25, -0.2) is 0 Å². The van der Waals surface area contributed by atoms with Crippen molar-refractivity contribution in [3.63, 3.8) is 0 Å². The van der Waals surface area contributed by atoms with Crippen molar-refractivity contribution in [2.24, 2.45) is 5.73 Å². The number of carbonyl (C=O) groups excluding carboxylic acids is 1. The van der Waals surface area contributed by atoms with Crippen molar-refractivity contribution in [1.29, 1.82) is 0 Å². The van der Waals surface area contributed by atoms with Crippen molar-refractivity contribution in [1.82, 2.24) is 5.32 Å². The van der Waals surface area contributed by atoms with Crippen molar-refractivity contribution in [3.05, 3.63) is 48.0 Å². The van der Waals surface area contributed by atoms with Gasteiger partial charge in [0.05, 0.1) is 0 Å². The molecule has 6 heteroatoms. The van der Waals surface area contributed by atoms with E-state index in [1.165, 1.54) is 0 Å². The van der Waals surface area contributed by atoms with Gasteiger partial charge in [0.25, 0.3) is 0 Å². The molecule has 0 radical (unpaired) electrons. The minimum atomic E-state index is -4.49. The van der Waals surface area contributed by atoms with E-state index in [9.17, 15) is 18.0 Å². The lowest BCUT2D eigenvalue weighted by Gasteiger charge is -2.45. The van der Waals surface area contributed by atoms with Crippen LogP contribution in [0.3, 0.4) is 0 Å². The van der Waals surface area contributed by atoms with Gasteiger partial charge in [-0.1, -0.05) is 42.5 Å². The Bertz CT molecular complexity index is 532. The van der Waals surface area contributed by atoms with Gasteiger partial charge < -0.3 is 11.1 Å². The Morgan fingerprint density at radius 2 is 1.90 bits per heavy atom. The predicted octanol–water partition coefficient (Wildman–Crippen LogP) is 2.84. The zero-order valence-electron chi connectivity index (χ0n) is 11.4. The van der Waals surface area contributed by atoms with Gasteiger partial charge in [-0.3, -0.25) is 4.79 Å². The summed E-state index contributed by atoms with van der Waals surface area (Å²) in [5.41, 5.74) is 4.88. The Balaban J connectivity index is 2.00. The first kappa shape index (κ1) is 15.6. The van der Waals surface area contributed by atoms with Crippen LogP contribution in [0.25, 0.3) is 0 Å². The van der Waals surface area contributed by atoms with E-state index in [4.69, 9.17) is 5.73 Å². The van der Waals surface area contributed by atoms with E-state index in [-0.39, 0.29) is 19.3 Å². The Morgan fingerprint density at radius 1 is 1.33 bits per heavy atom. The Morgan fingerprint density at radius 3 is 2.38 bits per heavy atom. The van der Waals surface area contributed by atoms with Crippen molar-refractivity contribution in [3.8, 4) is 0 Å². The van der Waals surface area contributed by atoms with Crippen molar-refractivity contribution < 1.29 is 18.0 Å². The number of amides is 1. The highest BCUT2D eigenvalue weighted by Gasteiger charge is 2.60. The van der Waals surface area contributed by atoms with Crippen LogP contribution in [0.4, 0.5) is 13.2 Å². The van der Waals surface area contributed by atoms with Gasteiger partial charge in [0.1, 0.15) is 5.54 Å². The third kappa shape index (κ3) is 3.26. The molecule has 0 heterocycles. The predicted molar refractivity (Wildman–Crippen MR) is 73.3 cm³/mol. The molecule has 1 saturated carbocycles. The van der Waals surface area contributed by atoms with Gasteiger partial charge in [-0.15, -0.1) is 0 Å². The molecule has 0 saturated heterocycles. The number of carbonyl (C=O) groups is 1. The number of hydrogen-bond donors (Lipinski definition) is 2. The number of hydrogen-bond acceptors (Lipinski definition) is 2. The van der Waals surface area contributed by atoms with Crippen molar-refractivity contribution in [2.75, 3.05) is 0 Å². The molecule has 1 aliphatic rings. The smallest absolute Gasteiger partial charge is 0.341 e. The molecule has 3 nitrogen and oxygen atoms in total. The van der Waals surface area contributed by atoms with Crippen LogP contribution in [-0.4, -0.2) is 17.6 Å². The maximum atomic E-state index is 13.1. The van der Waals surface area contributed by atoms with Crippen LogP contribution in [0.1, 0.15) is 30.9 Å². The van der Waals surface area contributed by atoms with Gasteiger partial charge in [-0.2, -0.15) is 13.2 Å². The minimum Gasteiger partial charge on any atom is -0.341 e. The highest BCUT2D eigenvalue weighted by molar-refractivity contribution is 5.78. The van der Waals surface area contributed by atoms with E-state index in [0.717, 1.165) is 0 Å². The van der Waals surface area contributed by atoms with Gasteiger partial charge >= 0.3 is 6.18 Å². The molecule has 0 spiro atoms. The fourth-order valence-corrected chi connectivity index (χ4v) is 2.50. The van der Waals surface area contributed by atoms with E-state index in [1.807, 2.05) is 0 Å². The lowest BCUT2D eigenvalue weighted by Crippen LogP contribution is -2.63. The SMILES string of the molecule is C=C1CC(NC(=O)CC(N)c2ccccc2)(C(F)(F)F)C1. The molecule has 1 atom stereocenters. The first-order valence-corrected chi connectivity index (χ1v) is 6.58. The summed E-state index contributed by atoms with van der Waals surface area (Å²) in [5.74, 6) is -0.698. The molecule has 1 fully saturated rings. The molecule has 1 unspecified atom stereocenters. The summed E-state index contributed by atoms with van der Waals surface area (Å²) in [6.07, 6.45) is -5.19. The van der Waals surface area contributed by atoms with E-state index >= 15 is 0 Å². The number of halogens is 3. The third-order valence-corrected chi connectivity index (χ3v) is 3.66. The minimum absolute atomic E-state index is 0.186. The number of benzene rings is 1. The first-order chi connectivity index (χ1) is 9.73. The largest absolute Gasteiger partial charge is 0.412 e. The molecule has 0 aliphatic heterocycles. The Hall–Kier alpha value is -1.82. The standard InChI is InChI=1S/C15H17F3N2O/c1-10-8-14(9-10,15(16,17)18)20-13(21)7-12(19)11-5-3-2-4-6-11/h2-6,12H,1,7-9,19H2,(H,20,21). The van der Waals surface area contributed by atoms with Gasteiger partial charge in [0.15, 0.2) is 0 Å². The lowest BCUT2D eigenvalue weighted by atomic mass is 9.72. The molecule has 2 rings (SSSR count). The maximum absolute atomic E-state index is 13.1. The summed E-state index contributed by atoms with van der Waals surface area (Å²) in [7, 11) is 0. The zero-order valence-corrected chi connectivity index (χ0v) is 11.4. The summed E-state index contributed by atoms with van der Waals surface area (Å²) < 4.78 is 39.2. The summed E-state index contributed by atoms with van der Waals surface area (Å²) in [6.45, 7) is 3.51. The molecule has 114 valence electrons. The second kappa shape index (κ2) is 5.52. The second-order valence-corrected chi connectivity index (χ2v) is 5.45. The molecule has 0 aromatic heterocycles. The van der Waals surface area contributed by atoms with Crippen LogP contribution >= 0.6 is 0 Å². The second-order valence-electron chi connectivity index (χ2n) is 5.45. The number of rotatable bonds is 4. The van der Waals surface area contributed by atoms with Crippen LogP contribution in [0.2, 0.25) is 0 Å². The van der Waals surface area contributed by atoms with Crippen molar-refractivity contribution >= 4 is 5.91 Å². The normalized spacial score (nSPS) is 18.8. The molecule has 1 amide bonds. The summed E-state index contributed by atoms with van der Waals surface area (Å²) in [4.78, 5) is 11.9. The molecule has 1 aliphatic carbocycles. The van der Waals surface area contributed by atoms with E-state index in [2.05, 4.69) is 11.9 Å². The Kier molecular flexibility index (Phi) is 4.09. The maximum Gasteiger partial charge on any atom is 0.412 e. The summed E-state index contributed by atoms with van der Waals surface area (Å²) in [5, 5.41) is 2.10. The average Bonchev–Trinajstić information content (AvgIpc) is 2.36. The quantitative estimate of drug-likeness (QED) is 0.840. The van der Waals surface area contributed by atoms with Crippen LogP contribution in [-0.2, 0) is 4.79 Å². The van der Waals surface area contributed by atoms with Crippen LogP contribution in [0.5, 0.6) is 0 Å². The highest BCUT2D eigenvalue weighted by Crippen LogP contribution is 2.47. The average molecular weight is 298 g/mol. The number of nitrogens with two attached hydrogens (primary N) is 1. The zero-order chi connectivity index (χ0) is 15.7. The number of nitrogens with one attached hydrogen (secondary N) is 1. The monoisotopic (exact) mass is 298 g/mol. The van der Waals surface area contributed by atoms with Crippen LogP contribution < -0.4 is 11.1 Å². The summed E-state index contributed by atoms with van der Waals surface area (Å²) in [6, 6.07) is 8.18. The molecule has 21 heavy (non-hydrogen) atoms. The summed E-state index contributed by atoms with van der Waals surface area (Å²) >= 11 is 0. The first-order valence-electron chi connectivity index (χ1n) is 6.58. The third-order valence-electron chi connectivity index (χ3n) is 3.66. The van der Waals surface area contributed by atoms with Gasteiger partial charge in [-0.05, 0) is 5.56 Å². The fraction of sp³-hybridized carbons (Fsp3) is 0.400. The van der Waals surface area contributed by atoms with Crippen LogP contribution in [0, 0.1) is 0 Å². The number of alkyl halides is 3.